The second kappa shape index (κ2) is 8.58. The molecule has 2 aromatic heterocycles. The fourth-order valence-electron chi connectivity index (χ4n) is 3.06. The van der Waals surface area contributed by atoms with Crippen molar-refractivity contribution in [2.45, 2.75) is 26.5 Å². The Morgan fingerprint density at radius 1 is 1.03 bits per heavy atom. The van der Waals surface area contributed by atoms with Gasteiger partial charge in [-0.2, -0.15) is 10.2 Å². The molecule has 1 atom stereocenters. The Balaban J connectivity index is 1.48. The molecule has 0 bridgehead atoms. The molecule has 0 fully saturated rings. The Morgan fingerprint density at radius 2 is 1.80 bits per heavy atom. The first-order valence-corrected chi connectivity index (χ1v) is 9.64. The number of nitrogens with zero attached hydrogens (tertiary/aromatic N) is 2. The van der Waals surface area contributed by atoms with Crippen LogP contribution in [-0.2, 0) is 6.61 Å². The van der Waals surface area contributed by atoms with Crippen molar-refractivity contribution in [2.75, 3.05) is 5.32 Å². The van der Waals surface area contributed by atoms with E-state index >= 15 is 0 Å². The largest absolute Gasteiger partial charge is 0.485 e. The van der Waals surface area contributed by atoms with Crippen LogP contribution < -0.4 is 10.1 Å². The molecule has 0 radical (unpaired) electrons. The van der Waals surface area contributed by atoms with Gasteiger partial charge in [-0.1, -0.05) is 48.5 Å². The van der Waals surface area contributed by atoms with E-state index in [1.807, 2.05) is 74.5 Å². The third-order valence-corrected chi connectivity index (χ3v) is 4.72. The molecule has 2 heterocycles. The summed E-state index contributed by atoms with van der Waals surface area (Å²) in [7, 11) is 0. The topological polar surface area (TPSA) is 84.2 Å². The van der Waals surface area contributed by atoms with Gasteiger partial charge in [0.1, 0.15) is 24.2 Å². The van der Waals surface area contributed by atoms with Crippen molar-refractivity contribution in [2.24, 2.45) is 0 Å². The van der Waals surface area contributed by atoms with Crippen molar-refractivity contribution in [1.82, 2.24) is 4.98 Å². The van der Waals surface area contributed by atoms with Gasteiger partial charge >= 0.3 is 0 Å². The summed E-state index contributed by atoms with van der Waals surface area (Å²) in [4.78, 5) is 4.27. The number of hydrogen-bond donors (Lipinski definition) is 1. The summed E-state index contributed by atoms with van der Waals surface area (Å²) in [6, 6.07) is 23.3. The van der Waals surface area contributed by atoms with E-state index in [0.717, 1.165) is 16.9 Å². The highest BCUT2D eigenvalue weighted by Gasteiger charge is 2.19. The molecule has 1 unspecified atom stereocenters. The summed E-state index contributed by atoms with van der Waals surface area (Å²) < 4.78 is 17.4. The van der Waals surface area contributed by atoms with Crippen LogP contribution in [-0.4, -0.2) is 4.98 Å². The summed E-state index contributed by atoms with van der Waals surface area (Å²) >= 11 is 0. The van der Waals surface area contributed by atoms with Crippen molar-refractivity contribution in [3.8, 4) is 23.5 Å². The highest BCUT2D eigenvalue weighted by Crippen LogP contribution is 2.30. The number of hydrogen-bond acceptors (Lipinski definition) is 6. The average Bonchev–Trinajstić information content (AvgIpc) is 3.40. The van der Waals surface area contributed by atoms with Gasteiger partial charge in [0.25, 0.3) is 5.89 Å². The number of aromatic nitrogens is 1. The highest BCUT2D eigenvalue weighted by atomic mass is 16.5. The Bertz CT molecular complexity index is 1170. The lowest BCUT2D eigenvalue weighted by atomic mass is 10.1. The molecule has 1 N–H and O–H groups in total. The molecule has 0 spiro atoms. The molecule has 4 aromatic rings. The fourth-order valence-corrected chi connectivity index (χ4v) is 3.06. The lowest BCUT2D eigenvalue weighted by Gasteiger charge is -2.12. The maximum Gasteiger partial charge on any atom is 0.266 e. The molecule has 0 saturated carbocycles. The molecule has 0 aliphatic carbocycles. The number of rotatable bonds is 7. The van der Waals surface area contributed by atoms with Gasteiger partial charge in [-0.3, -0.25) is 0 Å². The number of anilines is 1. The predicted molar refractivity (Wildman–Crippen MR) is 113 cm³/mol. The lowest BCUT2D eigenvalue weighted by molar-refractivity contribution is 0.269. The molecule has 0 aliphatic rings. The maximum atomic E-state index is 9.44. The minimum absolute atomic E-state index is 0.0474. The molecule has 0 saturated heterocycles. The van der Waals surface area contributed by atoms with Gasteiger partial charge in [0.15, 0.2) is 5.76 Å². The molecular weight excluding hydrogens is 378 g/mol. The van der Waals surface area contributed by atoms with Crippen molar-refractivity contribution in [3.63, 3.8) is 0 Å². The Hall–Kier alpha value is -3.98. The molecule has 6 heteroatoms. The van der Waals surface area contributed by atoms with E-state index in [4.69, 9.17) is 13.6 Å². The van der Waals surface area contributed by atoms with Crippen LogP contribution in [0.3, 0.4) is 0 Å². The number of aryl methyl sites for hydroxylation is 1. The van der Waals surface area contributed by atoms with Crippen molar-refractivity contribution >= 4 is 5.88 Å². The maximum absolute atomic E-state index is 9.44. The summed E-state index contributed by atoms with van der Waals surface area (Å²) in [5, 5.41) is 12.7. The first-order valence-electron chi connectivity index (χ1n) is 9.64. The van der Waals surface area contributed by atoms with Crippen LogP contribution in [0.1, 0.15) is 35.5 Å². The Morgan fingerprint density at radius 3 is 2.57 bits per heavy atom. The van der Waals surface area contributed by atoms with Crippen molar-refractivity contribution < 1.29 is 13.6 Å². The lowest BCUT2D eigenvalue weighted by Crippen LogP contribution is -2.06. The van der Waals surface area contributed by atoms with Crippen LogP contribution >= 0.6 is 0 Å². The first kappa shape index (κ1) is 19.3. The standard InChI is InChI=1S/C24H21N3O3/c1-16-8-6-7-11-21(16)28-15-19-12-13-22(29-19)24-27-20(14-25)23(30-24)26-17(2)18-9-4-3-5-10-18/h3-13,17,26H,15H2,1-2H3. The van der Waals surface area contributed by atoms with Gasteiger partial charge in [0.2, 0.25) is 11.6 Å². The van der Waals surface area contributed by atoms with E-state index in [1.165, 1.54) is 0 Å². The molecular formula is C24H21N3O3. The van der Waals surface area contributed by atoms with Crippen LogP contribution in [0.4, 0.5) is 5.88 Å². The normalized spacial score (nSPS) is 11.6. The fraction of sp³-hybridized carbons (Fsp3) is 0.167. The smallest absolute Gasteiger partial charge is 0.266 e. The number of nitriles is 1. The van der Waals surface area contributed by atoms with Gasteiger partial charge in [0, 0.05) is 0 Å². The summed E-state index contributed by atoms with van der Waals surface area (Å²) in [6.45, 7) is 4.27. The molecule has 0 aliphatic heterocycles. The minimum Gasteiger partial charge on any atom is -0.485 e. The molecule has 6 nitrogen and oxygen atoms in total. The molecule has 150 valence electrons. The zero-order chi connectivity index (χ0) is 20.9. The number of oxazole rings is 1. The van der Waals surface area contributed by atoms with Crippen LogP contribution in [0.2, 0.25) is 0 Å². The SMILES string of the molecule is Cc1ccccc1OCc1ccc(-c2nc(C#N)c(NC(C)c3ccccc3)o2)o1. The van der Waals surface area contributed by atoms with E-state index in [9.17, 15) is 5.26 Å². The third-order valence-electron chi connectivity index (χ3n) is 4.72. The minimum atomic E-state index is -0.0474. The highest BCUT2D eigenvalue weighted by molar-refractivity contribution is 5.55. The van der Waals surface area contributed by atoms with Crippen molar-refractivity contribution in [3.05, 3.63) is 89.3 Å². The van der Waals surface area contributed by atoms with Crippen molar-refractivity contribution in [1.29, 1.82) is 5.26 Å². The van der Waals surface area contributed by atoms with Gasteiger partial charge < -0.3 is 18.9 Å². The van der Waals surface area contributed by atoms with Crippen LogP contribution in [0, 0.1) is 18.3 Å². The molecule has 2 aromatic carbocycles. The van der Waals surface area contributed by atoms with Crippen LogP contribution in [0.15, 0.2) is 75.6 Å². The number of benzene rings is 2. The first-order chi connectivity index (χ1) is 14.6. The van der Waals surface area contributed by atoms with E-state index in [-0.39, 0.29) is 24.2 Å². The average molecular weight is 399 g/mol. The van der Waals surface area contributed by atoms with E-state index in [2.05, 4.69) is 16.4 Å². The zero-order valence-corrected chi connectivity index (χ0v) is 16.8. The van der Waals surface area contributed by atoms with Gasteiger partial charge in [-0.25, -0.2) is 0 Å². The van der Waals surface area contributed by atoms with Crippen LogP contribution in [0.5, 0.6) is 5.75 Å². The van der Waals surface area contributed by atoms with E-state index in [1.54, 1.807) is 6.07 Å². The number of nitrogens with one attached hydrogen (secondary N) is 1. The Kier molecular flexibility index (Phi) is 5.53. The van der Waals surface area contributed by atoms with E-state index < -0.39 is 0 Å². The third kappa shape index (κ3) is 4.20. The molecule has 0 amide bonds. The second-order valence-electron chi connectivity index (χ2n) is 6.91. The van der Waals surface area contributed by atoms with E-state index in [0.29, 0.717) is 17.4 Å². The number of furan rings is 1. The monoisotopic (exact) mass is 399 g/mol. The van der Waals surface area contributed by atoms with Crippen LogP contribution in [0.25, 0.3) is 11.7 Å². The molecule has 4 rings (SSSR count). The van der Waals surface area contributed by atoms with Gasteiger partial charge in [0.05, 0.1) is 6.04 Å². The quantitative estimate of drug-likeness (QED) is 0.418. The summed E-state index contributed by atoms with van der Waals surface area (Å²) in [5.41, 5.74) is 2.31. The zero-order valence-electron chi connectivity index (χ0n) is 16.8. The van der Waals surface area contributed by atoms with Gasteiger partial charge in [-0.15, -0.1) is 0 Å². The molecule has 30 heavy (non-hydrogen) atoms. The predicted octanol–water partition coefficient (Wildman–Crippen LogP) is 5.87. The summed E-state index contributed by atoms with van der Waals surface area (Å²) in [6.07, 6.45) is 0. The van der Waals surface area contributed by atoms with Gasteiger partial charge in [-0.05, 0) is 43.2 Å². The second-order valence-corrected chi connectivity index (χ2v) is 6.91. The number of ether oxygens (including phenoxy) is 1. The summed E-state index contributed by atoms with van der Waals surface area (Å²) in [5.74, 6) is 2.45. The number of para-hydroxylation sites is 1. The Labute approximate surface area is 174 Å².